The van der Waals surface area contributed by atoms with Gasteiger partial charge in [0.25, 0.3) is 5.56 Å². The van der Waals surface area contributed by atoms with Gasteiger partial charge in [0.05, 0.1) is 23.7 Å². The summed E-state index contributed by atoms with van der Waals surface area (Å²) >= 11 is 0. The summed E-state index contributed by atoms with van der Waals surface area (Å²) in [6.07, 6.45) is 9.51. The molecule has 258 valence electrons. The fourth-order valence-corrected chi connectivity index (χ4v) is 5.85. The molecule has 0 saturated carbocycles. The van der Waals surface area contributed by atoms with Gasteiger partial charge in [-0.15, -0.1) is 0 Å². The van der Waals surface area contributed by atoms with Crippen LogP contribution in [0.15, 0.2) is 89.4 Å². The van der Waals surface area contributed by atoms with Crippen molar-refractivity contribution in [2.24, 2.45) is 17.8 Å². The van der Waals surface area contributed by atoms with Crippen LogP contribution in [0.25, 0.3) is 16.5 Å². The Bertz CT molecular complexity index is 2090. The molecule has 2 aromatic carbocycles. The van der Waals surface area contributed by atoms with Gasteiger partial charge in [0.1, 0.15) is 5.56 Å². The zero-order valence-electron chi connectivity index (χ0n) is 28.8. The SMILES string of the molecule is C=C/C=N\c1c(C=O)c(N)nn1C.CNC(C)c1cc2cccc(C#Cc3cnn(CCN4CCC(N)CC4)c3)c2c(=O)n1-c1ccccc1. The number of rotatable bonds is 9. The minimum atomic E-state index is -0.0670. The maximum absolute atomic E-state index is 13.9. The summed E-state index contributed by atoms with van der Waals surface area (Å²) in [7, 11) is 3.57. The lowest BCUT2D eigenvalue weighted by Gasteiger charge is -2.29. The number of likely N-dealkylation sites (tertiary alicyclic amines) is 1. The molecule has 5 aromatic rings. The molecular weight excluding hydrogens is 628 g/mol. The molecule has 0 spiro atoms. The fraction of sp³-hybridized carbons (Fsp3) is 0.289. The van der Waals surface area contributed by atoms with Gasteiger partial charge in [0, 0.05) is 55.0 Å². The highest BCUT2D eigenvalue weighted by atomic mass is 16.1. The number of nitrogens with zero attached hydrogens (tertiary/aromatic N) is 7. The fourth-order valence-electron chi connectivity index (χ4n) is 5.85. The van der Waals surface area contributed by atoms with Crippen molar-refractivity contribution in [2.75, 3.05) is 32.4 Å². The minimum Gasteiger partial charge on any atom is -0.382 e. The Morgan fingerprint density at radius 1 is 1.12 bits per heavy atom. The lowest BCUT2D eigenvalue weighted by atomic mass is 10.0. The Kier molecular flexibility index (Phi) is 11.9. The molecular formula is C38H44N10O2. The number of nitrogen functional groups attached to an aromatic ring is 1. The number of nitrogens with one attached hydrogen (secondary N) is 1. The summed E-state index contributed by atoms with van der Waals surface area (Å²) in [6, 6.07) is 18.0. The van der Waals surface area contributed by atoms with Crippen LogP contribution < -0.4 is 22.3 Å². The van der Waals surface area contributed by atoms with Gasteiger partial charge in [-0.3, -0.25) is 18.8 Å². The Morgan fingerprint density at radius 2 is 1.88 bits per heavy atom. The highest BCUT2D eigenvalue weighted by Crippen LogP contribution is 2.23. The van der Waals surface area contributed by atoms with Crippen LogP contribution >= 0.6 is 0 Å². The first-order chi connectivity index (χ1) is 24.2. The molecule has 0 amide bonds. The summed E-state index contributed by atoms with van der Waals surface area (Å²) in [5.41, 5.74) is 15.0. The number of aryl methyl sites for hydroxylation is 1. The van der Waals surface area contributed by atoms with Gasteiger partial charge < -0.3 is 21.7 Å². The molecule has 1 aliphatic rings. The predicted molar refractivity (Wildman–Crippen MR) is 200 cm³/mol. The van der Waals surface area contributed by atoms with Gasteiger partial charge in [-0.2, -0.15) is 10.2 Å². The largest absolute Gasteiger partial charge is 0.382 e. The Morgan fingerprint density at radius 3 is 2.58 bits per heavy atom. The van der Waals surface area contributed by atoms with E-state index in [1.165, 1.54) is 17.0 Å². The molecule has 0 bridgehead atoms. The van der Waals surface area contributed by atoms with Crippen molar-refractivity contribution in [1.29, 1.82) is 0 Å². The Labute approximate surface area is 292 Å². The molecule has 4 heterocycles. The van der Waals surface area contributed by atoms with Crippen molar-refractivity contribution in [3.63, 3.8) is 0 Å². The van der Waals surface area contributed by atoms with E-state index in [0.717, 1.165) is 61.4 Å². The maximum Gasteiger partial charge on any atom is 0.264 e. The van der Waals surface area contributed by atoms with Gasteiger partial charge in [0.15, 0.2) is 17.9 Å². The van der Waals surface area contributed by atoms with Crippen LogP contribution in [0.4, 0.5) is 11.6 Å². The van der Waals surface area contributed by atoms with Crippen LogP contribution in [0.2, 0.25) is 0 Å². The number of pyridine rings is 1. The van der Waals surface area contributed by atoms with E-state index in [1.54, 1.807) is 17.8 Å². The van der Waals surface area contributed by atoms with Gasteiger partial charge in [-0.05, 0) is 69.6 Å². The van der Waals surface area contributed by atoms with Crippen LogP contribution in [-0.2, 0) is 13.6 Å². The van der Waals surface area contributed by atoms with Crippen molar-refractivity contribution in [3.8, 4) is 17.5 Å². The van der Waals surface area contributed by atoms with Crippen LogP contribution in [0.1, 0.15) is 53.0 Å². The molecule has 0 aliphatic carbocycles. The zero-order valence-corrected chi connectivity index (χ0v) is 28.8. The van der Waals surface area contributed by atoms with Crippen LogP contribution in [0, 0.1) is 11.8 Å². The molecule has 1 saturated heterocycles. The summed E-state index contributed by atoms with van der Waals surface area (Å²) < 4.78 is 5.18. The predicted octanol–water partition coefficient (Wildman–Crippen LogP) is 3.99. The van der Waals surface area contributed by atoms with Gasteiger partial charge in [0.2, 0.25) is 0 Å². The number of carbonyl (C=O) groups excluding carboxylic acids is 1. The van der Waals surface area contributed by atoms with E-state index < -0.39 is 0 Å². The summed E-state index contributed by atoms with van der Waals surface area (Å²) in [5.74, 6) is 7.11. The number of benzene rings is 2. The molecule has 0 radical (unpaired) electrons. The molecule has 1 fully saturated rings. The molecule has 12 nitrogen and oxygen atoms in total. The van der Waals surface area contributed by atoms with E-state index in [4.69, 9.17) is 11.5 Å². The highest BCUT2D eigenvalue weighted by Gasteiger charge is 2.18. The topological polar surface area (TPSA) is 154 Å². The van der Waals surface area contributed by atoms with Crippen molar-refractivity contribution in [2.45, 2.75) is 38.4 Å². The van der Waals surface area contributed by atoms with E-state index in [0.29, 0.717) is 34.7 Å². The molecule has 50 heavy (non-hydrogen) atoms. The van der Waals surface area contributed by atoms with E-state index in [1.807, 2.05) is 66.5 Å². The van der Waals surface area contributed by atoms with E-state index >= 15 is 0 Å². The third-order valence-electron chi connectivity index (χ3n) is 8.72. The van der Waals surface area contributed by atoms with E-state index in [-0.39, 0.29) is 17.4 Å². The number of allylic oxidation sites excluding steroid dienone is 1. The highest BCUT2D eigenvalue weighted by molar-refractivity contribution is 5.90. The molecule has 5 N–H and O–H groups in total. The molecule has 6 rings (SSSR count). The lowest BCUT2D eigenvalue weighted by Crippen LogP contribution is -2.40. The Balaban J connectivity index is 0.000000315. The standard InChI is InChI=1S/C30H34N6O.C8H10N4O/c1-22(32-2)28-19-25-8-6-7-24(29(25)30(37)36(28)27-9-4-3-5-10-27)12-11-23-20-33-35(21-23)18-17-34-15-13-26(31)14-16-34;1-3-4-10-8-6(5-13)7(9)11-12(8)2/h3-10,19-22,26,32H,13-18,31H2,1-2H3;3-5H,1H2,2H3,(H2,9,11)/b;10-4-. The Hall–Kier alpha value is -5.61. The maximum atomic E-state index is 13.9. The number of hydrogen-bond acceptors (Lipinski definition) is 9. The first-order valence-corrected chi connectivity index (χ1v) is 16.6. The summed E-state index contributed by atoms with van der Waals surface area (Å²) in [6.45, 7) is 9.39. The van der Waals surface area contributed by atoms with Crippen molar-refractivity contribution in [3.05, 3.63) is 112 Å². The number of carbonyl (C=O) groups is 1. The number of anilines is 1. The monoisotopic (exact) mass is 672 g/mol. The molecule has 1 unspecified atom stereocenters. The average molecular weight is 673 g/mol. The summed E-state index contributed by atoms with van der Waals surface area (Å²) in [5, 5.41) is 13.1. The van der Waals surface area contributed by atoms with Crippen molar-refractivity contribution < 1.29 is 4.79 Å². The third kappa shape index (κ3) is 8.33. The number of aldehydes is 1. The first-order valence-electron chi connectivity index (χ1n) is 16.6. The second-order valence-corrected chi connectivity index (χ2v) is 12.1. The van der Waals surface area contributed by atoms with Crippen molar-refractivity contribution in [1.82, 2.24) is 34.3 Å². The van der Waals surface area contributed by atoms with Gasteiger partial charge in [-0.25, -0.2) is 9.67 Å². The third-order valence-corrected chi connectivity index (χ3v) is 8.72. The van der Waals surface area contributed by atoms with Crippen LogP contribution in [0.3, 0.4) is 0 Å². The smallest absolute Gasteiger partial charge is 0.264 e. The number of hydrogen-bond donors (Lipinski definition) is 3. The second-order valence-electron chi connectivity index (χ2n) is 12.1. The minimum absolute atomic E-state index is 0.000411. The van der Waals surface area contributed by atoms with Crippen LogP contribution in [0.5, 0.6) is 0 Å². The molecule has 3 aromatic heterocycles. The van der Waals surface area contributed by atoms with E-state index in [9.17, 15) is 9.59 Å². The molecule has 12 heteroatoms. The number of aliphatic imine (C=N–C) groups is 1. The molecule has 1 atom stereocenters. The lowest BCUT2D eigenvalue weighted by molar-refractivity contribution is 0.112. The van der Waals surface area contributed by atoms with Gasteiger partial charge in [-0.1, -0.05) is 54.8 Å². The molecule has 1 aliphatic heterocycles. The zero-order chi connectivity index (χ0) is 35.6. The average Bonchev–Trinajstić information content (AvgIpc) is 3.71. The van der Waals surface area contributed by atoms with Crippen molar-refractivity contribution >= 4 is 34.9 Å². The first kappa shape index (κ1) is 35.7. The number of piperidine rings is 1. The van der Waals surface area contributed by atoms with E-state index in [2.05, 4.69) is 56.8 Å². The van der Waals surface area contributed by atoms with Crippen LogP contribution in [-0.4, -0.2) is 74.3 Å². The normalized spacial score (nSPS) is 14.2. The second kappa shape index (κ2) is 16.7. The number of para-hydroxylation sites is 1. The summed E-state index contributed by atoms with van der Waals surface area (Å²) in [4.78, 5) is 30.9. The quantitative estimate of drug-likeness (QED) is 0.121. The number of aromatic nitrogens is 5. The number of fused-ring (bicyclic) bond motifs is 1. The number of nitrogens with two attached hydrogens (primary N) is 2. The van der Waals surface area contributed by atoms with Gasteiger partial charge >= 0.3 is 0 Å².